The van der Waals surface area contributed by atoms with Crippen molar-refractivity contribution in [1.82, 2.24) is 14.7 Å². The highest BCUT2D eigenvalue weighted by molar-refractivity contribution is 6.33. The van der Waals surface area contributed by atoms with Crippen molar-refractivity contribution in [1.29, 1.82) is 5.26 Å². The van der Waals surface area contributed by atoms with Crippen LogP contribution >= 0.6 is 11.6 Å². The largest absolute Gasteiger partial charge is 0.425 e. The van der Waals surface area contributed by atoms with Crippen molar-refractivity contribution in [2.75, 3.05) is 31.6 Å². The molecule has 60 heavy (non-hydrogen) atoms. The van der Waals surface area contributed by atoms with E-state index in [9.17, 15) is 19.6 Å². The van der Waals surface area contributed by atoms with Crippen molar-refractivity contribution >= 4 is 46.3 Å². The molecule has 5 aromatic carbocycles. The molecule has 304 valence electrons. The number of nitriles is 1. The number of nitrogens with one attached hydrogen (secondary N) is 1. The van der Waals surface area contributed by atoms with Crippen molar-refractivity contribution < 1.29 is 28.6 Å². The fraction of sp³-hybridized carbons (Fsp3) is 0.271. The van der Waals surface area contributed by atoms with Gasteiger partial charge in [0.25, 0.3) is 0 Å². The summed E-state index contributed by atoms with van der Waals surface area (Å²) in [7, 11) is 0. The van der Waals surface area contributed by atoms with Gasteiger partial charge in [-0.25, -0.2) is 9.48 Å². The van der Waals surface area contributed by atoms with Gasteiger partial charge in [-0.15, -0.1) is 0 Å². The van der Waals surface area contributed by atoms with E-state index in [-0.39, 0.29) is 18.4 Å². The van der Waals surface area contributed by atoms with Gasteiger partial charge in [0.2, 0.25) is 12.2 Å². The molecule has 0 saturated carbocycles. The zero-order valence-electron chi connectivity index (χ0n) is 33.1. The Balaban J connectivity index is 1.17. The number of likely N-dealkylation sites (tertiary alicyclic amines) is 1. The van der Waals surface area contributed by atoms with Crippen LogP contribution in [0.15, 0.2) is 127 Å². The number of rotatable bonds is 10. The molecule has 2 unspecified atom stereocenters. The molecule has 2 amide bonds. The molecule has 11 nitrogen and oxygen atoms in total. The van der Waals surface area contributed by atoms with Crippen LogP contribution in [0.4, 0.5) is 10.6 Å². The smallest absolute Gasteiger partial charge is 0.412 e. The highest BCUT2D eigenvalue weighted by Crippen LogP contribution is 2.44. The molecule has 2 saturated heterocycles. The number of halogens is 1. The van der Waals surface area contributed by atoms with Gasteiger partial charge in [0, 0.05) is 49.2 Å². The molecule has 2 atom stereocenters. The number of aromatic nitrogens is 2. The second kappa shape index (κ2) is 17.8. The van der Waals surface area contributed by atoms with E-state index in [1.54, 1.807) is 18.2 Å². The molecule has 1 N–H and O–H groups in total. The van der Waals surface area contributed by atoms with E-state index < -0.39 is 29.8 Å². The monoisotopic (exact) mass is 821 g/mol. The highest BCUT2D eigenvalue weighted by atomic mass is 35.5. The van der Waals surface area contributed by atoms with Gasteiger partial charge in [-0.05, 0) is 78.3 Å². The summed E-state index contributed by atoms with van der Waals surface area (Å²) in [5, 5.41) is 19.3. The lowest BCUT2D eigenvalue weighted by Gasteiger charge is -2.37. The Morgan fingerprint density at radius 1 is 0.833 bits per heavy atom. The zero-order valence-corrected chi connectivity index (χ0v) is 33.9. The molecule has 2 fully saturated rings. The number of carbonyl (C=O) groups is 3. The summed E-state index contributed by atoms with van der Waals surface area (Å²) in [4.78, 5) is 41.9. The third-order valence-corrected chi connectivity index (χ3v) is 11.7. The summed E-state index contributed by atoms with van der Waals surface area (Å²) in [6, 6.07) is 43.6. The van der Waals surface area contributed by atoms with E-state index in [1.165, 1.54) is 11.8 Å². The number of hydrogen-bond acceptors (Lipinski definition) is 8. The minimum atomic E-state index is -1.09. The topological polar surface area (TPSA) is 136 Å². The number of hydrogen-bond donors (Lipinski definition) is 1. The quantitative estimate of drug-likeness (QED) is 0.0821. The maximum absolute atomic E-state index is 14.4. The molecule has 8 rings (SSSR count). The molecule has 12 heteroatoms. The number of esters is 1. The lowest BCUT2D eigenvalue weighted by atomic mass is 9.77. The summed E-state index contributed by atoms with van der Waals surface area (Å²) < 4.78 is 18.3. The molecular weight excluding hydrogens is 778 g/mol. The predicted molar refractivity (Wildman–Crippen MR) is 228 cm³/mol. The summed E-state index contributed by atoms with van der Waals surface area (Å²) in [6.45, 7) is 2.99. The molecule has 0 aliphatic carbocycles. The van der Waals surface area contributed by atoms with E-state index in [0.717, 1.165) is 27.8 Å². The summed E-state index contributed by atoms with van der Waals surface area (Å²) in [6.07, 6.45) is 0.472. The number of benzene rings is 5. The van der Waals surface area contributed by atoms with Crippen LogP contribution in [-0.4, -0.2) is 65.2 Å². The van der Waals surface area contributed by atoms with Crippen LogP contribution in [0.3, 0.4) is 0 Å². The van der Waals surface area contributed by atoms with Crippen LogP contribution in [0.2, 0.25) is 5.02 Å². The van der Waals surface area contributed by atoms with E-state index in [2.05, 4.69) is 47.8 Å². The van der Waals surface area contributed by atoms with Crippen molar-refractivity contribution in [3.63, 3.8) is 0 Å². The van der Waals surface area contributed by atoms with Gasteiger partial charge >= 0.3 is 12.1 Å². The second-order valence-corrected chi connectivity index (χ2v) is 15.6. The molecule has 1 aromatic heterocycles. The van der Waals surface area contributed by atoms with Gasteiger partial charge in [-0.1, -0.05) is 109 Å². The van der Waals surface area contributed by atoms with Crippen molar-refractivity contribution in [2.24, 2.45) is 11.8 Å². The number of anilines is 1. The minimum Gasteiger partial charge on any atom is -0.425 e. The van der Waals surface area contributed by atoms with Crippen LogP contribution in [0, 0.1) is 23.2 Å². The molecule has 0 spiro atoms. The van der Waals surface area contributed by atoms with Crippen LogP contribution < -0.4 is 5.32 Å². The predicted octanol–water partition coefficient (Wildman–Crippen LogP) is 9.17. The first kappa shape index (κ1) is 40.3. The number of amides is 2. The van der Waals surface area contributed by atoms with Gasteiger partial charge < -0.3 is 24.4 Å². The van der Waals surface area contributed by atoms with Crippen LogP contribution in [0.5, 0.6) is 0 Å². The first-order chi connectivity index (χ1) is 29.3. The Morgan fingerprint density at radius 2 is 1.47 bits per heavy atom. The Kier molecular flexibility index (Phi) is 12.0. The number of carbonyl (C=O) groups excluding carboxylic acids is 3. The summed E-state index contributed by atoms with van der Waals surface area (Å²) >= 11 is 6.74. The molecule has 0 radical (unpaired) electrons. The average Bonchev–Trinajstić information content (AvgIpc) is 3.65. The van der Waals surface area contributed by atoms with Crippen molar-refractivity contribution in [3.8, 4) is 17.2 Å². The van der Waals surface area contributed by atoms with E-state index in [0.29, 0.717) is 72.8 Å². The van der Waals surface area contributed by atoms with E-state index in [4.69, 9.17) is 30.9 Å². The van der Waals surface area contributed by atoms with Gasteiger partial charge in [-0.2, -0.15) is 10.4 Å². The molecule has 6 aromatic rings. The molecule has 3 heterocycles. The van der Waals surface area contributed by atoms with E-state index in [1.807, 2.05) is 77.5 Å². The number of piperidine rings is 1. The third kappa shape index (κ3) is 8.09. The van der Waals surface area contributed by atoms with Crippen molar-refractivity contribution in [3.05, 3.63) is 155 Å². The van der Waals surface area contributed by atoms with Crippen molar-refractivity contribution in [2.45, 2.75) is 44.4 Å². The number of fused-ring (bicyclic) bond motifs is 1. The SMILES string of the molecule is CC(OC(=O)C1CCOCC1)OC(=O)N1CCCC(C(=O)Nc2nn(C(c3ccccc3)(c3ccccc3)c3ccccc3)c3ccc(-c4cc(C#N)ccc4Cl)cc23)C1. The van der Waals surface area contributed by atoms with Gasteiger partial charge in [0.05, 0.1) is 29.0 Å². The maximum Gasteiger partial charge on any atom is 0.412 e. The lowest BCUT2D eigenvalue weighted by Crippen LogP contribution is -2.45. The fourth-order valence-electron chi connectivity index (χ4n) is 8.36. The van der Waals surface area contributed by atoms with Gasteiger partial charge in [-0.3, -0.25) is 9.59 Å². The summed E-state index contributed by atoms with van der Waals surface area (Å²) in [5.41, 5.74) is 4.45. The Bertz CT molecular complexity index is 2440. The zero-order chi connectivity index (χ0) is 41.6. The van der Waals surface area contributed by atoms with Gasteiger partial charge in [0.15, 0.2) is 5.82 Å². The summed E-state index contributed by atoms with van der Waals surface area (Å²) in [5.74, 6) is -1.28. The van der Waals surface area contributed by atoms with Crippen LogP contribution in [0.1, 0.15) is 54.9 Å². The number of ether oxygens (including phenoxy) is 3. The minimum absolute atomic E-state index is 0.105. The average molecular weight is 822 g/mol. The normalized spacial score (nSPS) is 16.4. The van der Waals surface area contributed by atoms with Crippen LogP contribution in [0.25, 0.3) is 22.0 Å². The van der Waals surface area contributed by atoms with Gasteiger partial charge in [0.1, 0.15) is 5.54 Å². The Labute approximate surface area is 353 Å². The van der Waals surface area contributed by atoms with Crippen LogP contribution in [-0.2, 0) is 29.3 Å². The second-order valence-electron chi connectivity index (χ2n) is 15.2. The first-order valence-electron chi connectivity index (χ1n) is 20.2. The molecule has 2 aliphatic heterocycles. The molecule has 0 bridgehead atoms. The number of nitrogens with zero attached hydrogens (tertiary/aromatic N) is 4. The lowest BCUT2D eigenvalue weighted by molar-refractivity contribution is -0.174. The highest BCUT2D eigenvalue weighted by Gasteiger charge is 2.41. The first-order valence-corrected chi connectivity index (χ1v) is 20.6. The Morgan fingerprint density at radius 3 is 2.08 bits per heavy atom. The fourth-order valence-corrected chi connectivity index (χ4v) is 8.59. The Hall–Kier alpha value is -6.48. The standard InChI is InChI=1S/C48H44ClN5O6/c1-32(59-46(56)34-23-26-58-27-24-34)60-47(57)53-25-11-12-36(31-53)45(55)51-44-41-29-35(40-28-33(30-50)19-21-42(40)49)20-22-43(41)54(52-44)48(37-13-5-2-6-14-37,38-15-7-3-8-16-38)39-17-9-4-10-18-39/h2-10,13-22,28-29,32,34,36H,11-12,23-27,31H2,1H3,(H,51,52,55). The maximum atomic E-state index is 14.4. The van der Waals surface area contributed by atoms with E-state index >= 15 is 0 Å². The third-order valence-electron chi connectivity index (χ3n) is 11.4. The molecule has 2 aliphatic rings. The molecular formula is C48H44ClN5O6.